The second-order valence-corrected chi connectivity index (χ2v) is 12.6. The molecule has 2 aliphatic rings. The summed E-state index contributed by atoms with van der Waals surface area (Å²) in [6.07, 6.45) is 3.21. The molecule has 10 nitrogen and oxygen atoms in total. The van der Waals surface area contributed by atoms with Gasteiger partial charge >= 0.3 is 5.91 Å². The number of aromatic nitrogens is 2. The van der Waals surface area contributed by atoms with E-state index in [-0.39, 0.29) is 40.1 Å². The van der Waals surface area contributed by atoms with E-state index in [4.69, 9.17) is 16.3 Å². The van der Waals surface area contributed by atoms with E-state index >= 15 is 4.39 Å². The van der Waals surface area contributed by atoms with E-state index in [1.54, 1.807) is 85.4 Å². The highest BCUT2D eigenvalue weighted by Gasteiger charge is 2.59. The number of amides is 2. The van der Waals surface area contributed by atoms with Crippen LogP contribution in [0.1, 0.15) is 63.3 Å². The SMILES string of the molecule is CCC(O)(c1cc(F)c2c(c1)C(=O)N([C@@H](CO)c1ccc(C#N)cc1)[C@@]2(OC1=c2ccccc2=NC1=O)c1ccc(Cl)cc1)c1cn(C)cn1. The van der Waals surface area contributed by atoms with Crippen LogP contribution in [0.4, 0.5) is 4.39 Å². The Morgan fingerprint density at radius 3 is 2.44 bits per heavy atom. The number of nitrogens with zero attached hydrogens (tertiary/aromatic N) is 5. The number of nitriles is 1. The monoisotopic (exact) mass is 689 g/mol. The summed E-state index contributed by atoms with van der Waals surface area (Å²) in [6, 6.07) is 22.5. The highest BCUT2D eigenvalue weighted by Crippen LogP contribution is 2.53. The van der Waals surface area contributed by atoms with Crippen LogP contribution in [0.5, 0.6) is 0 Å². The predicted octanol–water partition coefficient (Wildman–Crippen LogP) is 4.11. The maximum atomic E-state index is 17.2. The van der Waals surface area contributed by atoms with Crippen molar-refractivity contribution in [3.05, 3.63) is 158 Å². The molecule has 0 saturated carbocycles. The molecule has 4 aromatic carbocycles. The summed E-state index contributed by atoms with van der Waals surface area (Å²) in [5.41, 5.74) is -3.13. The van der Waals surface area contributed by atoms with E-state index in [9.17, 15) is 25.1 Å². The molecule has 0 radical (unpaired) electrons. The Kier molecular flexibility index (Phi) is 8.11. The molecule has 3 heterocycles. The molecular formula is C38H29ClFN5O5. The second-order valence-electron chi connectivity index (χ2n) is 12.1. The number of aryl methyl sites for hydroxylation is 1. The number of hydrogen-bond donors (Lipinski definition) is 2. The van der Waals surface area contributed by atoms with Crippen LogP contribution in [0.15, 0.2) is 102 Å². The number of carbonyl (C=O) groups is 2. The third-order valence-electron chi connectivity index (χ3n) is 9.29. The lowest BCUT2D eigenvalue weighted by Crippen LogP contribution is -2.50. The van der Waals surface area contributed by atoms with Crippen molar-refractivity contribution >= 4 is 29.2 Å². The Bertz CT molecular complexity index is 2350. The van der Waals surface area contributed by atoms with Crippen LogP contribution in [-0.2, 0) is 27.9 Å². The van der Waals surface area contributed by atoms with Crippen LogP contribution in [0.3, 0.4) is 0 Å². The molecule has 3 atom stereocenters. The number of imidazole rings is 1. The molecule has 1 aromatic heterocycles. The van der Waals surface area contributed by atoms with E-state index in [0.717, 1.165) is 6.07 Å². The summed E-state index contributed by atoms with van der Waals surface area (Å²) in [7, 11) is 1.74. The van der Waals surface area contributed by atoms with Gasteiger partial charge in [-0.3, -0.25) is 14.5 Å². The number of halogens is 2. The van der Waals surface area contributed by atoms with Gasteiger partial charge in [0.2, 0.25) is 5.72 Å². The molecular weight excluding hydrogens is 661 g/mol. The zero-order chi connectivity index (χ0) is 35.4. The fourth-order valence-electron chi connectivity index (χ4n) is 6.79. The molecule has 2 aliphatic heterocycles. The van der Waals surface area contributed by atoms with Crippen LogP contribution in [0.2, 0.25) is 5.02 Å². The number of rotatable bonds is 9. The molecule has 0 fully saturated rings. The average molecular weight is 690 g/mol. The van der Waals surface area contributed by atoms with Crippen LogP contribution in [-0.4, -0.2) is 43.1 Å². The fraction of sp³-hybridized carbons (Fsp3) is 0.184. The second kappa shape index (κ2) is 12.3. The number of carbonyl (C=O) groups excluding carboxylic acids is 2. The van der Waals surface area contributed by atoms with Crippen molar-refractivity contribution in [3.63, 3.8) is 0 Å². The molecule has 0 bridgehead atoms. The lowest BCUT2D eigenvalue weighted by molar-refractivity contribution is -0.121. The van der Waals surface area contributed by atoms with Gasteiger partial charge in [-0.15, -0.1) is 0 Å². The van der Waals surface area contributed by atoms with Crippen molar-refractivity contribution in [3.8, 4) is 6.07 Å². The number of ether oxygens (including phenoxy) is 1. The van der Waals surface area contributed by atoms with Gasteiger partial charge in [-0.2, -0.15) is 5.26 Å². The largest absolute Gasteiger partial charge is 0.453 e. The highest BCUT2D eigenvalue weighted by atomic mass is 35.5. The van der Waals surface area contributed by atoms with Gasteiger partial charge in [0, 0.05) is 29.0 Å². The summed E-state index contributed by atoms with van der Waals surface area (Å²) in [4.78, 5) is 38.2. The zero-order valence-electron chi connectivity index (χ0n) is 26.8. The first-order valence-corrected chi connectivity index (χ1v) is 16.1. The molecule has 1 unspecified atom stereocenters. The van der Waals surface area contributed by atoms with Crippen molar-refractivity contribution in [1.29, 1.82) is 5.26 Å². The molecule has 2 amide bonds. The van der Waals surface area contributed by atoms with Gasteiger partial charge in [0.15, 0.2) is 5.76 Å². The lowest BCUT2D eigenvalue weighted by Gasteiger charge is -2.43. The number of benzene rings is 4. The number of aliphatic hydroxyl groups is 2. The van der Waals surface area contributed by atoms with Gasteiger partial charge in [-0.1, -0.05) is 54.9 Å². The molecule has 0 spiro atoms. The number of fused-ring (bicyclic) bond motifs is 2. The molecule has 0 aliphatic carbocycles. The molecule has 0 saturated heterocycles. The minimum Gasteiger partial charge on any atom is -0.453 e. The van der Waals surface area contributed by atoms with Crippen molar-refractivity contribution in [2.24, 2.45) is 12.0 Å². The number of para-hydroxylation sites is 1. The van der Waals surface area contributed by atoms with Gasteiger partial charge in [0.25, 0.3) is 5.91 Å². The Balaban J connectivity index is 1.56. The van der Waals surface area contributed by atoms with E-state index in [2.05, 4.69) is 16.0 Å². The summed E-state index contributed by atoms with van der Waals surface area (Å²) in [6.45, 7) is 1.06. The van der Waals surface area contributed by atoms with Gasteiger partial charge < -0.3 is 19.5 Å². The van der Waals surface area contributed by atoms with E-state index < -0.39 is 41.6 Å². The summed E-state index contributed by atoms with van der Waals surface area (Å²) < 4.78 is 25.6. The number of hydrogen-bond acceptors (Lipinski definition) is 7. The Morgan fingerprint density at radius 2 is 1.80 bits per heavy atom. The molecule has 5 aromatic rings. The van der Waals surface area contributed by atoms with Gasteiger partial charge in [0.1, 0.15) is 11.4 Å². The first kappa shape index (κ1) is 32.9. The average Bonchev–Trinajstić information content (AvgIpc) is 3.78. The maximum Gasteiger partial charge on any atom is 0.313 e. The third-order valence-corrected chi connectivity index (χ3v) is 9.55. The highest BCUT2D eigenvalue weighted by molar-refractivity contribution is 6.30. The quantitative estimate of drug-likeness (QED) is 0.237. The van der Waals surface area contributed by atoms with Crippen molar-refractivity contribution in [2.45, 2.75) is 30.7 Å². The molecule has 12 heteroatoms. The zero-order valence-corrected chi connectivity index (χ0v) is 27.6. The molecule has 50 heavy (non-hydrogen) atoms. The summed E-state index contributed by atoms with van der Waals surface area (Å²) in [5.74, 6) is -2.65. The van der Waals surface area contributed by atoms with E-state index in [1.165, 1.54) is 29.4 Å². The van der Waals surface area contributed by atoms with Crippen LogP contribution in [0.25, 0.3) is 5.76 Å². The molecule has 7 rings (SSSR count). The van der Waals surface area contributed by atoms with E-state index in [0.29, 0.717) is 26.7 Å². The lowest BCUT2D eigenvalue weighted by atomic mass is 9.84. The fourth-order valence-corrected chi connectivity index (χ4v) is 6.92. The van der Waals surface area contributed by atoms with Crippen LogP contribution in [0, 0.1) is 17.1 Å². The van der Waals surface area contributed by atoms with Gasteiger partial charge in [-0.05, 0) is 66.1 Å². The minimum absolute atomic E-state index is 0.0685. The van der Waals surface area contributed by atoms with E-state index in [1.807, 2.05) is 0 Å². The van der Waals surface area contributed by atoms with Gasteiger partial charge in [-0.25, -0.2) is 14.4 Å². The normalized spacial score (nSPS) is 18.3. The molecule has 250 valence electrons. The standard InChI is InChI=1S/C38H29ClFN5O5/c1-3-37(49,32-19-44(2)21-42-32)25-16-28-33(29(40)17-25)38(24-12-14-26(39)15-13-24,50-34-27-6-4-5-7-30(27)43-35(34)47)45(36(28)48)31(20-46)23-10-8-22(18-41)9-11-23/h4-17,19,21,31,46,49H,3,20H2,1-2H3/t31-,37?,38+/m0/s1. The first-order chi connectivity index (χ1) is 24.0. The van der Waals surface area contributed by atoms with Crippen molar-refractivity contribution in [2.75, 3.05) is 6.61 Å². The Labute approximate surface area is 290 Å². The van der Waals surface area contributed by atoms with Crippen molar-refractivity contribution in [1.82, 2.24) is 14.5 Å². The maximum absolute atomic E-state index is 17.2. The number of aliphatic hydroxyl groups excluding tert-OH is 1. The predicted molar refractivity (Wildman–Crippen MR) is 179 cm³/mol. The Morgan fingerprint density at radius 1 is 1.08 bits per heavy atom. The Hall–Kier alpha value is -5.67. The third kappa shape index (κ3) is 4.99. The van der Waals surface area contributed by atoms with Crippen molar-refractivity contribution < 1.29 is 28.9 Å². The minimum atomic E-state index is -2.21. The summed E-state index contributed by atoms with van der Waals surface area (Å²) >= 11 is 6.31. The molecule has 2 N–H and O–H groups in total. The van der Waals surface area contributed by atoms with Gasteiger partial charge in [0.05, 0.1) is 52.8 Å². The topological polar surface area (TPSA) is 141 Å². The first-order valence-electron chi connectivity index (χ1n) is 15.7. The smallest absolute Gasteiger partial charge is 0.313 e. The van der Waals surface area contributed by atoms with Crippen LogP contribution < -0.4 is 10.6 Å². The van der Waals surface area contributed by atoms with Crippen LogP contribution >= 0.6 is 11.6 Å². The summed E-state index contributed by atoms with van der Waals surface area (Å²) in [5, 5.41) is 33.4.